The van der Waals surface area contributed by atoms with E-state index < -0.39 is 0 Å². The van der Waals surface area contributed by atoms with E-state index in [0.29, 0.717) is 5.75 Å². The van der Waals surface area contributed by atoms with Crippen LogP contribution in [0, 0.1) is 6.92 Å². The summed E-state index contributed by atoms with van der Waals surface area (Å²) in [5, 5.41) is 8.81. The molecule has 0 aromatic heterocycles. The molecule has 2 heteroatoms. The second-order valence-electron chi connectivity index (χ2n) is 2.25. The summed E-state index contributed by atoms with van der Waals surface area (Å²) in [5.74, 6) is 0.338. The maximum Gasteiger partial charge on any atom is 0.115 e. The lowest BCUT2D eigenvalue weighted by atomic mass is 10.2. The van der Waals surface area contributed by atoms with Gasteiger partial charge in [-0.3, -0.25) is 0 Å². The quantitative estimate of drug-likeness (QED) is 0.619. The van der Waals surface area contributed by atoms with Crippen LogP contribution >= 0.6 is 0 Å². The van der Waals surface area contributed by atoms with Crippen LogP contribution in [0.25, 0.3) is 0 Å². The fourth-order valence-corrected chi connectivity index (χ4v) is 0.628. The van der Waals surface area contributed by atoms with Crippen LogP contribution in [-0.4, -0.2) is 19.3 Å². The van der Waals surface area contributed by atoms with Crippen molar-refractivity contribution in [2.75, 3.05) is 14.2 Å². The van der Waals surface area contributed by atoms with Crippen molar-refractivity contribution in [3.05, 3.63) is 29.8 Å². The minimum atomic E-state index is 0.338. The van der Waals surface area contributed by atoms with Gasteiger partial charge in [-0.25, -0.2) is 0 Å². The number of methoxy groups -OCH3 is 1. The van der Waals surface area contributed by atoms with Crippen molar-refractivity contribution >= 4 is 0 Å². The van der Waals surface area contributed by atoms with Crippen LogP contribution in [0.4, 0.5) is 0 Å². The molecule has 0 amide bonds. The number of hydrogen-bond donors (Lipinski definition) is 1. The van der Waals surface area contributed by atoms with Gasteiger partial charge in [-0.2, -0.15) is 0 Å². The van der Waals surface area contributed by atoms with E-state index >= 15 is 0 Å². The van der Waals surface area contributed by atoms with Gasteiger partial charge >= 0.3 is 0 Å². The molecule has 0 heterocycles. The van der Waals surface area contributed by atoms with Gasteiger partial charge < -0.3 is 9.84 Å². The van der Waals surface area contributed by atoms with Crippen molar-refractivity contribution in [2.24, 2.45) is 0 Å². The second-order valence-corrected chi connectivity index (χ2v) is 2.25. The van der Waals surface area contributed by atoms with Gasteiger partial charge in [-0.05, 0) is 24.6 Å². The zero-order valence-electron chi connectivity index (χ0n) is 7.16. The molecule has 0 unspecified atom stereocenters. The number of hydrogen-bond acceptors (Lipinski definition) is 2. The molecule has 0 aliphatic carbocycles. The Morgan fingerprint density at radius 1 is 1.27 bits per heavy atom. The fraction of sp³-hybridized carbons (Fsp3) is 0.333. The average Bonchev–Trinajstić information content (AvgIpc) is 1.88. The van der Waals surface area contributed by atoms with Crippen molar-refractivity contribution in [1.29, 1.82) is 0 Å². The molecule has 0 aliphatic rings. The number of rotatable bonds is 0. The third-order valence-electron chi connectivity index (χ3n) is 1.00. The molecule has 1 rings (SSSR count). The van der Waals surface area contributed by atoms with Crippen molar-refractivity contribution in [3.63, 3.8) is 0 Å². The Labute approximate surface area is 67.4 Å². The topological polar surface area (TPSA) is 29.5 Å². The van der Waals surface area contributed by atoms with Gasteiger partial charge in [0.25, 0.3) is 0 Å². The Morgan fingerprint density at radius 3 is 2.09 bits per heavy atom. The van der Waals surface area contributed by atoms with E-state index in [9.17, 15) is 0 Å². The third-order valence-corrected chi connectivity index (χ3v) is 1.00. The molecule has 0 atom stereocenters. The van der Waals surface area contributed by atoms with E-state index in [0.717, 1.165) is 5.56 Å². The normalized spacial score (nSPS) is 8.27. The van der Waals surface area contributed by atoms with E-state index in [1.54, 1.807) is 26.4 Å². The summed E-state index contributed by atoms with van der Waals surface area (Å²) < 4.78 is 4.25. The van der Waals surface area contributed by atoms with E-state index in [1.807, 2.05) is 19.1 Å². The first kappa shape index (κ1) is 9.98. The first-order valence-corrected chi connectivity index (χ1v) is 3.36. The first-order chi connectivity index (χ1) is 5.20. The standard InChI is InChI=1S/C7H8O.C2H6O/c1-6-3-2-4-7(8)5-6;1-3-2/h2-5,8H,1H3;1-2H3. The fourth-order valence-electron chi connectivity index (χ4n) is 0.628. The Balaban J connectivity index is 0.000000292. The number of aromatic hydroxyl groups is 1. The lowest BCUT2D eigenvalue weighted by Crippen LogP contribution is -1.66. The second kappa shape index (κ2) is 5.74. The monoisotopic (exact) mass is 154 g/mol. The van der Waals surface area contributed by atoms with E-state index in [-0.39, 0.29) is 0 Å². The summed E-state index contributed by atoms with van der Waals surface area (Å²) in [7, 11) is 3.25. The number of ether oxygens (including phenoxy) is 1. The van der Waals surface area contributed by atoms with Crippen LogP contribution in [0.5, 0.6) is 5.75 Å². The van der Waals surface area contributed by atoms with Gasteiger partial charge in [-0.1, -0.05) is 12.1 Å². The summed E-state index contributed by atoms with van der Waals surface area (Å²) in [6.07, 6.45) is 0. The van der Waals surface area contributed by atoms with Gasteiger partial charge in [0.2, 0.25) is 0 Å². The molecule has 0 aliphatic heterocycles. The van der Waals surface area contributed by atoms with Crippen molar-refractivity contribution in [3.8, 4) is 5.75 Å². The molecule has 0 saturated heterocycles. The lowest BCUT2D eigenvalue weighted by molar-refractivity contribution is 0.277. The molecule has 0 bridgehead atoms. The molecule has 1 aromatic rings. The van der Waals surface area contributed by atoms with Crippen LogP contribution in [0.1, 0.15) is 5.56 Å². The molecule has 0 radical (unpaired) electrons. The van der Waals surface area contributed by atoms with Gasteiger partial charge in [0.1, 0.15) is 5.75 Å². The highest BCUT2D eigenvalue weighted by molar-refractivity contribution is 5.25. The Hall–Kier alpha value is -1.02. The van der Waals surface area contributed by atoms with Crippen LogP contribution < -0.4 is 0 Å². The average molecular weight is 154 g/mol. The Morgan fingerprint density at radius 2 is 1.82 bits per heavy atom. The van der Waals surface area contributed by atoms with E-state index in [2.05, 4.69) is 4.74 Å². The minimum absolute atomic E-state index is 0.338. The summed E-state index contributed by atoms with van der Waals surface area (Å²) in [6, 6.07) is 7.15. The van der Waals surface area contributed by atoms with Gasteiger partial charge in [-0.15, -0.1) is 0 Å². The summed E-state index contributed by atoms with van der Waals surface area (Å²) in [5.41, 5.74) is 1.09. The molecular formula is C9H14O2. The Bertz CT molecular complexity index is 179. The molecule has 0 spiro atoms. The SMILES string of the molecule is COC.Cc1cccc(O)c1. The molecular weight excluding hydrogens is 140 g/mol. The Kier molecular flexibility index (Phi) is 5.21. The summed E-state index contributed by atoms with van der Waals surface area (Å²) >= 11 is 0. The zero-order chi connectivity index (χ0) is 8.69. The van der Waals surface area contributed by atoms with Crippen molar-refractivity contribution in [1.82, 2.24) is 0 Å². The van der Waals surface area contributed by atoms with Crippen LogP contribution in [-0.2, 0) is 4.74 Å². The highest BCUT2D eigenvalue weighted by Gasteiger charge is 1.83. The number of aryl methyl sites for hydroxylation is 1. The van der Waals surface area contributed by atoms with E-state index in [4.69, 9.17) is 5.11 Å². The number of phenols is 1. The third kappa shape index (κ3) is 5.43. The lowest BCUT2D eigenvalue weighted by Gasteiger charge is -1.89. The molecule has 0 fully saturated rings. The smallest absolute Gasteiger partial charge is 0.115 e. The highest BCUT2D eigenvalue weighted by atomic mass is 16.4. The zero-order valence-corrected chi connectivity index (χ0v) is 7.16. The molecule has 0 saturated carbocycles. The number of benzene rings is 1. The number of phenolic OH excluding ortho intramolecular Hbond substituents is 1. The largest absolute Gasteiger partial charge is 0.508 e. The van der Waals surface area contributed by atoms with Crippen LogP contribution in [0.15, 0.2) is 24.3 Å². The van der Waals surface area contributed by atoms with Crippen molar-refractivity contribution in [2.45, 2.75) is 6.92 Å². The molecule has 11 heavy (non-hydrogen) atoms. The summed E-state index contributed by atoms with van der Waals surface area (Å²) in [6.45, 7) is 1.94. The first-order valence-electron chi connectivity index (χ1n) is 3.36. The molecule has 1 aromatic carbocycles. The summed E-state index contributed by atoms with van der Waals surface area (Å²) in [4.78, 5) is 0. The van der Waals surface area contributed by atoms with Crippen LogP contribution in [0.2, 0.25) is 0 Å². The molecule has 1 N–H and O–H groups in total. The predicted octanol–water partition coefficient (Wildman–Crippen LogP) is 1.96. The molecule has 62 valence electrons. The van der Waals surface area contributed by atoms with Gasteiger partial charge in [0.05, 0.1) is 0 Å². The van der Waals surface area contributed by atoms with Crippen LogP contribution in [0.3, 0.4) is 0 Å². The predicted molar refractivity (Wildman–Crippen MR) is 45.8 cm³/mol. The van der Waals surface area contributed by atoms with Gasteiger partial charge in [0.15, 0.2) is 0 Å². The molecule has 2 nitrogen and oxygen atoms in total. The van der Waals surface area contributed by atoms with E-state index in [1.165, 1.54) is 0 Å². The maximum absolute atomic E-state index is 8.81. The minimum Gasteiger partial charge on any atom is -0.508 e. The van der Waals surface area contributed by atoms with Crippen molar-refractivity contribution < 1.29 is 9.84 Å². The highest BCUT2D eigenvalue weighted by Crippen LogP contribution is 2.08. The maximum atomic E-state index is 8.81. The van der Waals surface area contributed by atoms with Gasteiger partial charge in [0, 0.05) is 14.2 Å².